The normalized spacial score (nSPS) is 25.0. The van der Waals surface area contributed by atoms with Gasteiger partial charge in [-0.1, -0.05) is 0 Å². The summed E-state index contributed by atoms with van der Waals surface area (Å²) in [5.74, 6) is -0.388. The minimum Gasteiger partial charge on any atom is -0.466 e. The van der Waals surface area contributed by atoms with Crippen molar-refractivity contribution >= 4 is 5.97 Å². The Kier molecular flexibility index (Phi) is 6.19. The molecular weight excluding hydrogens is 250 g/mol. The van der Waals surface area contributed by atoms with Crippen LogP contribution in [0.5, 0.6) is 0 Å². The summed E-state index contributed by atoms with van der Waals surface area (Å²) in [6.45, 7) is 7.49. The largest absolute Gasteiger partial charge is 0.466 e. The lowest BCUT2D eigenvalue weighted by Crippen LogP contribution is -2.55. The Morgan fingerprint density at radius 3 is 2.84 bits per heavy atom. The van der Waals surface area contributed by atoms with Crippen LogP contribution in [-0.2, 0) is 14.3 Å². The average molecular weight is 275 g/mol. The van der Waals surface area contributed by atoms with Gasteiger partial charge in [0.15, 0.2) is 0 Å². The molecule has 2 atom stereocenters. The number of β-amino-alcohol motifs (C(OH)–C–C–N with tert-alkyl or cyclic N) is 1. The Morgan fingerprint density at radius 2 is 2.26 bits per heavy atom. The fraction of sp³-hybridized carbons (Fsp3) is 0.923. The fourth-order valence-corrected chi connectivity index (χ4v) is 2.43. The van der Waals surface area contributed by atoms with Crippen molar-refractivity contribution in [3.05, 3.63) is 0 Å². The van der Waals surface area contributed by atoms with Gasteiger partial charge in [-0.25, -0.2) is 0 Å². The third kappa shape index (κ3) is 5.86. The first-order chi connectivity index (χ1) is 8.86. The van der Waals surface area contributed by atoms with Gasteiger partial charge in [0.25, 0.3) is 0 Å². The monoisotopic (exact) mass is 275 g/mol. The second-order valence-corrected chi connectivity index (χ2v) is 5.54. The number of nitrogens with zero attached hydrogens (tertiary/aromatic N) is 1. The molecular formula is C13H25NO5. The number of aliphatic hydroxyl groups excluding tert-OH is 2. The molecule has 1 saturated heterocycles. The van der Waals surface area contributed by atoms with Crippen molar-refractivity contribution in [2.75, 3.05) is 32.8 Å². The maximum Gasteiger partial charge on any atom is 0.308 e. The fourth-order valence-electron chi connectivity index (χ4n) is 2.43. The van der Waals surface area contributed by atoms with E-state index in [-0.39, 0.29) is 30.7 Å². The number of hydrogen-bond acceptors (Lipinski definition) is 6. The highest BCUT2D eigenvalue weighted by atomic mass is 16.5. The van der Waals surface area contributed by atoms with Crippen LogP contribution in [-0.4, -0.2) is 71.7 Å². The first kappa shape index (κ1) is 16.4. The summed E-state index contributed by atoms with van der Waals surface area (Å²) in [6.07, 6.45) is -1.01. The molecule has 0 aliphatic carbocycles. The lowest BCUT2D eigenvalue weighted by molar-refractivity contribution is -0.156. The van der Waals surface area contributed by atoms with E-state index >= 15 is 0 Å². The number of carbonyl (C=O) groups is 1. The molecule has 2 N–H and O–H groups in total. The molecule has 0 amide bonds. The van der Waals surface area contributed by atoms with Crippen LogP contribution < -0.4 is 0 Å². The molecule has 6 heteroatoms. The van der Waals surface area contributed by atoms with Crippen LogP contribution in [0.1, 0.15) is 27.2 Å². The first-order valence-corrected chi connectivity index (χ1v) is 6.71. The molecule has 0 aromatic carbocycles. The highest BCUT2D eigenvalue weighted by Gasteiger charge is 2.33. The Morgan fingerprint density at radius 1 is 1.58 bits per heavy atom. The molecule has 6 nitrogen and oxygen atoms in total. The highest BCUT2D eigenvalue weighted by Crippen LogP contribution is 2.21. The lowest BCUT2D eigenvalue weighted by Gasteiger charge is -2.42. The molecule has 1 rings (SSSR count). The summed E-state index contributed by atoms with van der Waals surface area (Å²) in [4.78, 5) is 13.3. The van der Waals surface area contributed by atoms with Crippen molar-refractivity contribution in [1.29, 1.82) is 0 Å². The molecule has 112 valence electrons. The van der Waals surface area contributed by atoms with Crippen LogP contribution >= 0.6 is 0 Å². The minimum absolute atomic E-state index is 0.00455. The minimum atomic E-state index is -0.757. The van der Waals surface area contributed by atoms with Crippen LogP contribution in [0, 0.1) is 0 Å². The van der Waals surface area contributed by atoms with E-state index in [9.17, 15) is 15.0 Å². The summed E-state index contributed by atoms with van der Waals surface area (Å²) in [5, 5.41) is 19.1. The van der Waals surface area contributed by atoms with Gasteiger partial charge >= 0.3 is 5.97 Å². The zero-order valence-electron chi connectivity index (χ0n) is 12.0. The van der Waals surface area contributed by atoms with E-state index in [0.29, 0.717) is 26.2 Å². The second kappa shape index (κ2) is 7.19. The zero-order valence-corrected chi connectivity index (χ0v) is 12.0. The molecule has 0 saturated carbocycles. The quantitative estimate of drug-likeness (QED) is 0.652. The molecule has 1 heterocycles. The molecule has 1 fully saturated rings. The molecule has 1 aliphatic heterocycles. The molecule has 1 aliphatic rings. The zero-order chi connectivity index (χ0) is 14.5. The van der Waals surface area contributed by atoms with E-state index in [1.54, 1.807) is 6.92 Å². The van der Waals surface area contributed by atoms with Crippen LogP contribution in [0.4, 0.5) is 0 Å². The van der Waals surface area contributed by atoms with E-state index in [4.69, 9.17) is 9.47 Å². The molecule has 0 aromatic rings. The topological polar surface area (TPSA) is 79.2 Å². The van der Waals surface area contributed by atoms with Gasteiger partial charge in [0.2, 0.25) is 0 Å². The van der Waals surface area contributed by atoms with Gasteiger partial charge in [-0.15, -0.1) is 0 Å². The SMILES string of the molecule is CCOC(=O)CC(O)CN1CC(CO)OC(C)(C)C1. The number of ether oxygens (including phenoxy) is 2. The number of morpholine rings is 1. The second-order valence-electron chi connectivity index (χ2n) is 5.54. The standard InChI is InChI=1S/C13H25NO5/c1-4-18-12(17)5-10(16)6-14-7-11(8-15)19-13(2,3)9-14/h10-11,15-16H,4-9H2,1-3H3. The molecule has 0 bridgehead atoms. The third-order valence-corrected chi connectivity index (χ3v) is 2.93. The van der Waals surface area contributed by atoms with Crippen LogP contribution in [0.15, 0.2) is 0 Å². The van der Waals surface area contributed by atoms with E-state index in [1.807, 2.05) is 18.7 Å². The molecule has 0 aromatic heterocycles. The summed E-state index contributed by atoms with van der Waals surface area (Å²) in [6, 6.07) is 0. The summed E-state index contributed by atoms with van der Waals surface area (Å²) >= 11 is 0. The number of rotatable bonds is 6. The predicted octanol–water partition coefficient (Wildman–Crippen LogP) is -0.228. The van der Waals surface area contributed by atoms with Gasteiger partial charge in [-0.05, 0) is 20.8 Å². The predicted molar refractivity (Wildman–Crippen MR) is 69.7 cm³/mol. The van der Waals surface area contributed by atoms with Crippen molar-refractivity contribution in [2.45, 2.75) is 45.0 Å². The van der Waals surface area contributed by atoms with Crippen molar-refractivity contribution in [1.82, 2.24) is 4.90 Å². The Hall–Kier alpha value is -0.690. The van der Waals surface area contributed by atoms with E-state index < -0.39 is 6.10 Å². The van der Waals surface area contributed by atoms with E-state index in [1.165, 1.54) is 0 Å². The van der Waals surface area contributed by atoms with Gasteiger partial charge in [-0.2, -0.15) is 0 Å². The number of hydrogen-bond donors (Lipinski definition) is 2. The van der Waals surface area contributed by atoms with Crippen LogP contribution in [0.25, 0.3) is 0 Å². The Labute approximate surface area is 114 Å². The van der Waals surface area contributed by atoms with Crippen molar-refractivity contribution in [3.63, 3.8) is 0 Å². The maximum atomic E-state index is 11.3. The van der Waals surface area contributed by atoms with Crippen LogP contribution in [0.3, 0.4) is 0 Å². The molecule has 0 radical (unpaired) electrons. The first-order valence-electron chi connectivity index (χ1n) is 6.71. The van der Waals surface area contributed by atoms with Gasteiger partial charge < -0.3 is 19.7 Å². The molecule has 19 heavy (non-hydrogen) atoms. The summed E-state index contributed by atoms with van der Waals surface area (Å²) in [5.41, 5.74) is -0.366. The Bertz CT molecular complexity index is 295. The van der Waals surface area contributed by atoms with Crippen molar-refractivity contribution < 1.29 is 24.5 Å². The van der Waals surface area contributed by atoms with Gasteiger partial charge in [0.05, 0.1) is 37.4 Å². The molecule has 2 unspecified atom stereocenters. The number of esters is 1. The Balaban J connectivity index is 2.44. The average Bonchev–Trinajstić information content (AvgIpc) is 2.26. The number of carbonyl (C=O) groups excluding carboxylic acids is 1. The van der Waals surface area contributed by atoms with E-state index in [0.717, 1.165) is 0 Å². The van der Waals surface area contributed by atoms with E-state index in [2.05, 4.69) is 0 Å². The molecule has 0 spiro atoms. The number of aliphatic hydroxyl groups is 2. The van der Waals surface area contributed by atoms with Gasteiger partial charge in [0.1, 0.15) is 0 Å². The maximum absolute atomic E-state index is 11.3. The lowest BCUT2D eigenvalue weighted by atomic mass is 10.0. The van der Waals surface area contributed by atoms with Gasteiger partial charge in [0, 0.05) is 19.6 Å². The van der Waals surface area contributed by atoms with Crippen molar-refractivity contribution in [2.24, 2.45) is 0 Å². The highest BCUT2D eigenvalue weighted by molar-refractivity contribution is 5.69. The summed E-state index contributed by atoms with van der Waals surface area (Å²) < 4.78 is 10.5. The third-order valence-electron chi connectivity index (χ3n) is 2.93. The van der Waals surface area contributed by atoms with Crippen LogP contribution in [0.2, 0.25) is 0 Å². The smallest absolute Gasteiger partial charge is 0.308 e. The van der Waals surface area contributed by atoms with Crippen molar-refractivity contribution in [3.8, 4) is 0 Å². The summed E-state index contributed by atoms with van der Waals surface area (Å²) in [7, 11) is 0. The van der Waals surface area contributed by atoms with Gasteiger partial charge in [-0.3, -0.25) is 9.69 Å².